The lowest BCUT2D eigenvalue weighted by Crippen LogP contribution is -2.58. The number of carbonyl (C=O) groups is 3. The Morgan fingerprint density at radius 3 is 2.37 bits per heavy atom. The number of carbonyl (C=O) groups excluding carboxylic acids is 3. The number of nitrogens with zero attached hydrogens (tertiary/aromatic N) is 3. The van der Waals surface area contributed by atoms with E-state index >= 15 is 0 Å². The second kappa shape index (κ2) is 17.3. The second-order valence-corrected chi connectivity index (χ2v) is 13.6. The monoisotopic (exact) mass is 697 g/mol. The van der Waals surface area contributed by atoms with Crippen molar-refractivity contribution in [1.82, 2.24) is 20.5 Å². The molecule has 2 aromatic carbocycles. The van der Waals surface area contributed by atoms with Crippen LogP contribution < -0.4 is 15.4 Å². The molecule has 1 unspecified atom stereocenters. The molecule has 0 saturated carbocycles. The van der Waals surface area contributed by atoms with Crippen LogP contribution in [-0.4, -0.2) is 95.4 Å². The Morgan fingerprint density at radius 1 is 1.06 bits per heavy atom. The summed E-state index contributed by atoms with van der Waals surface area (Å²) in [5.41, 5.74) is 3.96. The number of nitrogens with one attached hydrogen (secondary N) is 2. The largest absolute Gasteiger partial charge is 0.491 e. The minimum atomic E-state index is -0.972. The molecular formula is C34H43N5O9S. The van der Waals surface area contributed by atoms with Gasteiger partial charge in [0.1, 0.15) is 31.0 Å². The molecule has 49 heavy (non-hydrogen) atoms. The summed E-state index contributed by atoms with van der Waals surface area (Å²) >= 11 is 1.57. The summed E-state index contributed by atoms with van der Waals surface area (Å²) in [6.45, 7) is 8.07. The molecule has 2 heterocycles. The Hall–Kier alpha value is -4.44. The summed E-state index contributed by atoms with van der Waals surface area (Å²) in [6.07, 6.45) is -0.783. The number of hydrogen-bond acceptors (Lipinski definition) is 11. The van der Waals surface area contributed by atoms with Gasteiger partial charge in [0.25, 0.3) is 5.69 Å². The van der Waals surface area contributed by atoms with Gasteiger partial charge < -0.3 is 34.9 Å². The highest BCUT2D eigenvalue weighted by Gasteiger charge is 2.44. The van der Waals surface area contributed by atoms with E-state index in [1.54, 1.807) is 16.8 Å². The summed E-state index contributed by atoms with van der Waals surface area (Å²) in [5.74, 6) is -0.872. The van der Waals surface area contributed by atoms with Crippen molar-refractivity contribution in [2.75, 3.05) is 39.6 Å². The Labute approximate surface area is 288 Å². The normalized spacial score (nSPS) is 16.6. The van der Waals surface area contributed by atoms with Crippen molar-refractivity contribution < 1.29 is 38.6 Å². The Balaban J connectivity index is 1.21. The summed E-state index contributed by atoms with van der Waals surface area (Å²) in [6, 6.07) is 11.7. The number of benzene rings is 2. The predicted octanol–water partition coefficient (Wildman–Crippen LogP) is 3.25. The quantitative estimate of drug-likeness (QED) is 0.114. The first-order chi connectivity index (χ1) is 23.3. The van der Waals surface area contributed by atoms with Crippen LogP contribution in [0.1, 0.15) is 38.4 Å². The van der Waals surface area contributed by atoms with Crippen LogP contribution >= 0.6 is 11.3 Å². The number of rotatable bonds is 16. The molecule has 0 spiro atoms. The van der Waals surface area contributed by atoms with E-state index in [4.69, 9.17) is 14.2 Å². The molecule has 0 bridgehead atoms. The SMILES string of the molecule is Cc1ncsc1-c1ccc(CNC(=O)[C@@H]2C[C@@H](O)CN2C(=O)C(NC(=O)COCCOCCOc2ccc([N+](=O)[O-])cc2)C(C)(C)C)cc1. The fraction of sp³-hybridized carbons (Fsp3) is 0.471. The Morgan fingerprint density at radius 2 is 1.73 bits per heavy atom. The summed E-state index contributed by atoms with van der Waals surface area (Å²) in [7, 11) is 0. The van der Waals surface area contributed by atoms with Gasteiger partial charge in [0.05, 0.1) is 46.9 Å². The third-order valence-electron chi connectivity index (χ3n) is 7.86. The average molecular weight is 698 g/mol. The predicted molar refractivity (Wildman–Crippen MR) is 182 cm³/mol. The zero-order valence-electron chi connectivity index (χ0n) is 28.0. The molecule has 4 rings (SSSR count). The maximum atomic E-state index is 13.8. The van der Waals surface area contributed by atoms with E-state index in [-0.39, 0.29) is 64.1 Å². The third kappa shape index (κ3) is 10.8. The molecule has 3 aromatic rings. The fourth-order valence-electron chi connectivity index (χ4n) is 5.25. The van der Waals surface area contributed by atoms with Gasteiger partial charge in [0.15, 0.2) is 0 Å². The van der Waals surface area contributed by atoms with Gasteiger partial charge in [-0.3, -0.25) is 24.5 Å². The van der Waals surface area contributed by atoms with Gasteiger partial charge in [-0.2, -0.15) is 0 Å². The molecule has 3 amide bonds. The fourth-order valence-corrected chi connectivity index (χ4v) is 6.06. The molecule has 0 radical (unpaired) electrons. The minimum absolute atomic E-state index is 0.0238. The third-order valence-corrected chi connectivity index (χ3v) is 8.84. The molecule has 1 saturated heterocycles. The average Bonchev–Trinajstić information content (AvgIpc) is 3.68. The molecule has 1 aliphatic rings. The molecule has 14 nitrogen and oxygen atoms in total. The standard InChI is InChI=1S/C34H43N5O9S/c1-22-30(49-21-36-22)24-7-5-23(6-8-24)18-35-32(42)28-17-26(40)19-38(28)33(43)31(34(2,3)4)37-29(41)20-47-14-13-46-15-16-48-27-11-9-25(10-12-27)39(44)45/h5-12,21,26,28,31,40H,13-20H2,1-4H3,(H,35,42)(H,37,41)/t26-,28+,31?/m1/s1. The number of aliphatic hydroxyl groups excluding tert-OH is 1. The van der Waals surface area contributed by atoms with E-state index < -0.39 is 40.3 Å². The van der Waals surface area contributed by atoms with Crippen LogP contribution in [0.3, 0.4) is 0 Å². The van der Waals surface area contributed by atoms with E-state index in [1.165, 1.54) is 29.2 Å². The molecule has 1 aliphatic heterocycles. The van der Waals surface area contributed by atoms with Crippen LogP contribution in [0.5, 0.6) is 5.75 Å². The first-order valence-corrected chi connectivity index (χ1v) is 16.8. The highest BCUT2D eigenvalue weighted by atomic mass is 32.1. The number of nitro groups is 1. The maximum absolute atomic E-state index is 13.8. The van der Waals surface area contributed by atoms with Crippen LogP contribution in [0, 0.1) is 22.5 Å². The molecule has 1 aromatic heterocycles. The van der Waals surface area contributed by atoms with Gasteiger partial charge in [-0.1, -0.05) is 45.0 Å². The van der Waals surface area contributed by atoms with Gasteiger partial charge in [0.2, 0.25) is 17.7 Å². The molecule has 264 valence electrons. The lowest BCUT2D eigenvalue weighted by Gasteiger charge is -2.35. The molecule has 15 heteroatoms. The summed E-state index contributed by atoms with van der Waals surface area (Å²) in [5, 5.41) is 26.8. The van der Waals surface area contributed by atoms with Gasteiger partial charge in [-0.25, -0.2) is 4.98 Å². The first-order valence-electron chi connectivity index (χ1n) is 15.9. The number of aromatic nitrogens is 1. The minimum Gasteiger partial charge on any atom is -0.491 e. The van der Waals surface area contributed by atoms with Crippen molar-refractivity contribution in [3.8, 4) is 16.2 Å². The zero-order valence-corrected chi connectivity index (χ0v) is 28.9. The van der Waals surface area contributed by atoms with Gasteiger partial charge in [-0.15, -0.1) is 11.3 Å². The van der Waals surface area contributed by atoms with Crippen molar-refractivity contribution >= 4 is 34.7 Å². The van der Waals surface area contributed by atoms with E-state index in [0.717, 1.165) is 21.7 Å². The number of β-amino-alcohol motifs (C(OH)–C–C–N with tert-alkyl or cyclic N) is 1. The molecular weight excluding hydrogens is 654 g/mol. The van der Waals surface area contributed by atoms with Crippen molar-refractivity contribution in [3.63, 3.8) is 0 Å². The maximum Gasteiger partial charge on any atom is 0.269 e. The van der Waals surface area contributed by atoms with Crippen LogP contribution in [0.15, 0.2) is 54.0 Å². The van der Waals surface area contributed by atoms with Crippen molar-refractivity contribution in [2.24, 2.45) is 5.41 Å². The first kappa shape index (κ1) is 37.4. The number of aliphatic hydroxyl groups is 1. The molecule has 1 fully saturated rings. The lowest BCUT2D eigenvalue weighted by atomic mass is 9.85. The van der Waals surface area contributed by atoms with Gasteiger partial charge in [0, 0.05) is 31.6 Å². The topological polar surface area (TPSA) is 182 Å². The lowest BCUT2D eigenvalue weighted by molar-refractivity contribution is -0.384. The Kier molecular flexibility index (Phi) is 13.2. The molecule has 3 atom stereocenters. The highest BCUT2D eigenvalue weighted by Crippen LogP contribution is 2.28. The number of ether oxygens (including phenoxy) is 3. The number of non-ortho nitro benzene ring substituents is 1. The number of nitro benzene ring substituents is 1. The number of hydrogen-bond donors (Lipinski definition) is 3. The van der Waals surface area contributed by atoms with Crippen molar-refractivity contribution in [3.05, 3.63) is 75.4 Å². The summed E-state index contributed by atoms with van der Waals surface area (Å²) < 4.78 is 16.3. The van der Waals surface area contributed by atoms with Crippen LogP contribution in [0.4, 0.5) is 5.69 Å². The Bertz CT molecular complexity index is 1570. The molecule has 0 aliphatic carbocycles. The summed E-state index contributed by atoms with van der Waals surface area (Å²) in [4.78, 5) is 56.8. The van der Waals surface area contributed by atoms with Crippen LogP contribution in [0.25, 0.3) is 10.4 Å². The van der Waals surface area contributed by atoms with E-state index in [2.05, 4.69) is 15.6 Å². The number of likely N-dealkylation sites (tertiary alicyclic amines) is 1. The van der Waals surface area contributed by atoms with Crippen molar-refractivity contribution in [2.45, 2.75) is 58.8 Å². The van der Waals surface area contributed by atoms with E-state index in [1.807, 2.05) is 52.0 Å². The number of aryl methyl sites for hydroxylation is 1. The number of thiazole rings is 1. The van der Waals surface area contributed by atoms with E-state index in [9.17, 15) is 29.6 Å². The smallest absolute Gasteiger partial charge is 0.269 e. The van der Waals surface area contributed by atoms with E-state index in [0.29, 0.717) is 5.75 Å². The zero-order chi connectivity index (χ0) is 35.6. The van der Waals surface area contributed by atoms with Crippen molar-refractivity contribution in [1.29, 1.82) is 0 Å². The molecule has 3 N–H and O–H groups in total. The van der Waals surface area contributed by atoms with Crippen LogP contribution in [0.2, 0.25) is 0 Å². The highest BCUT2D eigenvalue weighted by molar-refractivity contribution is 7.13. The van der Waals surface area contributed by atoms with Gasteiger partial charge >= 0.3 is 0 Å². The second-order valence-electron chi connectivity index (χ2n) is 12.7. The number of amides is 3. The van der Waals surface area contributed by atoms with Crippen LogP contribution in [-0.2, 0) is 30.4 Å². The van der Waals surface area contributed by atoms with Gasteiger partial charge in [-0.05, 0) is 35.6 Å².